The summed E-state index contributed by atoms with van der Waals surface area (Å²) in [5, 5.41) is 6.24. The van der Waals surface area contributed by atoms with Gasteiger partial charge in [-0.1, -0.05) is 6.07 Å². The van der Waals surface area contributed by atoms with Gasteiger partial charge < -0.3 is 20.1 Å². The van der Waals surface area contributed by atoms with Crippen molar-refractivity contribution in [2.75, 3.05) is 19.7 Å². The number of pyridine rings is 1. The van der Waals surface area contributed by atoms with Crippen molar-refractivity contribution in [3.8, 4) is 17.4 Å². The predicted octanol–water partition coefficient (Wildman–Crippen LogP) is 2.12. The highest BCUT2D eigenvalue weighted by Gasteiger charge is 2.15. The van der Waals surface area contributed by atoms with E-state index in [1.54, 1.807) is 36.5 Å². The maximum absolute atomic E-state index is 11.9. The molecule has 1 aromatic carbocycles. The van der Waals surface area contributed by atoms with Gasteiger partial charge in [0, 0.05) is 24.8 Å². The maximum atomic E-state index is 11.9. The molecule has 0 aliphatic carbocycles. The van der Waals surface area contributed by atoms with Crippen LogP contribution in [0.2, 0.25) is 0 Å². The molecule has 24 heavy (non-hydrogen) atoms. The second kappa shape index (κ2) is 8.31. The topological polar surface area (TPSA) is 72.5 Å². The van der Waals surface area contributed by atoms with Crippen LogP contribution in [-0.4, -0.2) is 36.6 Å². The molecule has 0 saturated carbocycles. The van der Waals surface area contributed by atoms with Crippen LogP contribution in [0.4, 0.5) is 0 Å². The molecule has 1 aliphatic heterocycles. The van der Waals surface area contributed by atoms with Gasteiger partial charge in [-0.25, -0.2) is 4.98 Å². The summed E-state index contributed by atoms with van der Waals surface area (Å²) in [7, 11) is 0. The summed E-state index contributed by atoms with van der Waals surface area (Å²) in [5.74, 6) is 1.73. The molecule has 1 unspecified atom stereocenters. The molecule has 1 amide bonds. The number of nitrogens with one attached hydrogen (secondary N) is 2. The first-order valence-corrected chi connectivity index (χ1v) is 8.11. The molecule has 1 aliphatic rings. The zero-order chi connectivity index (χ0) is 16.6. The lowest BCUT2D eigenvalue weighted by Gasteiger charge is -2.23. The second-order valence-electron chi connectivity index (χ2n) is 5.64. The Morgan fingerprint density at radius 3 is 2.75 bits per heavy atom. The molecule has 1 saturated heterocycles. The minimum atomic E-state index is -0.0995. The Hall–Kier alpha value is -2.60. The number of carbonyl (C=O) groups excluding carboxylic acids is 1. The van der Waals surface area contributed by atoms with E-state index in [0.29, 0.717) is 17.4 Å². The van der Waals surface area contributed by atoms with Gasteiger partial charge in [0.1, 0.15) is 11.5 Å². The summed E-state index contributed by atoms with van der Waals surface area (Å²) in [4.78, 5) is 16.0. The third-order valence-corrected chi connectivity index (χ3v) is 3.72. The van der Waals surface area contributed by atoms with Crippen LogP contribution in [0.3, 0.4) is 0 Å². The van der Waals surface area contributed by atoms with E-state index in [-0.39, 0.29) is 18.6 Å². The van der Waals surface area contributed by atoms with Gasteiger partial charge in [0.25, 0.3) is 5.91 Å². The SMILES string of the molecule is O=C(COc1ccc(Oc2ccccn2)cc1)NC1CCCNC1. The van der Waals surface area contributed by atoms with Crippen LogP contribution < -0.4 is 20.1 Å². The summed E-state index contributed by atoms with van der Waals surface area (Å²) in [5.41, 5.74) is 0. The molecule has 6 nitrogen and oxygen atoms in total. The number of benzene rings is 1. The quantitative estimate of drug-likeness (QED) is 0.850. The van der Waals surface area contributed by atoms with Crippen molar-refractivity contribution in [3.05, 3.63) is 48.7 Å². The number of nitrogens with zero attached hydrogens (tertiary/aromatic N) is 1. The number of ether oxygens (including phenoxy) is 2. The fourth-order valence-corrected chi connectivity index (χ4v) is 2.53. The van der Waals surface area contributed by atoms with E-state index >= 15 is 0 Å². The predicted molar refractivity (Wildman–Crippen MR) is 90.3 cm³/mol. The molecule has 2 aromatic rings. The molecule has 1 atom stereocenters. The monoisotopic (exact) mass is 327 g/mol. The van der Waals surface area contributed by atoms with E-state index in [1.807, 2.05) is 12.1 Å². The first-order valence-electron chi connectivity index (χ1n) is 8.11. The lowest BCUT2D eigenvalue weighted by atomic mass is 10.1. The van der Waals surface area contributed by atoms with Crippen molar-refractivity contribution in [2.45, 2.75) is 18.9 Å². The molecule has 3 rings (SSSR count). The molecule has 2 heterocycles. The Labute approximate surface area is 141 Å². The average Bonchev–Trinajstić information content (AvgIpc) is 2.63. The van der Waals surface area contributed by atoms with E-state index < -0.39 is 0 Å². The Morgan fingerprint density at radius 1 is 1.21 bits per heavy atom. The normalized spacial score (nSPS) is 17.1. The Kier molecular flexibility index (Phi) is 5.63. The van der Waals surface area contributed by atoms with Crippen molar-refractivity contribution in [2.24, 2.45) is 0 Å². The zero-order valence-electron chi connectivity index (χ0n) is 13.4. The number of rotatable bonds is 6. The third-order valence-electron chi connectivity index (χ3n) is 3.72. The fraction of sp³-hybridized carbons (Fsp3) is 0.333. The van der Waals surface area contributed by atoms with Crippen LogP contribution in [-0.2, 0) is 4.79 Å². The van der Waals surface area contributed by atoms with Crippen molar-refractivity contribution in [1.82, 2.24) is 15.6 Å². The van der Waals surface area contributed by atoms with Crippen LogP contribution in [0, 0.1) is 0 Å². The molecule has 0 radical (unpaired) electrons. The Morgan fingerprint density at radius 2 is 2.04 bits per heavy atom. The van der Waals surface area contributed by atoms with Crippen LogP contribution >= 0.6 is 0 Å². The van der Waals surface area contributed by atoms with Gasteiger partial charge in [-0.3, -0.25) is 4.79 Å². The van der Waals surface area contributed by atoms with Gasteiger partial charge in [0.05, 0.1) is 0 Å². The van der Waals surface area contributed by atoms with Crippen LogP contribution in [0.15, 0.2) is 48.7 Å². The first kappa shape index (κ1) is 16.3. The average molecular weight is 327 g/mol. The summed E-state index contributed by atoms with van der Waals surface area (Å²) in [6, 6.07) is 12.8. The molecular formula is C18H21N3O3. The molecule has 1 fully saturated rings. The summed E-state index contributed by atoms with van der Waals surface area (Å²) in [6.45, 7) is 1.86. The molecule has 1 aromatic heterocycles. The van der Waals surface area contributed by atoms with Gasteiger partial charge in [-0.2, -0.15) is 0 Å². The molecule has 0 spiro atoms. The minimum absolute atomic E-state index is 0.0109. The summed E-state index contributed by atoms with van der Waals surface area (Å²) < 4.78 is 11.1. The van der Waals surface area contributed by atoms with Crippen molar-refractivity contribution >= 4 is 5.91 Å². The molecule has 6 heteroatoms. The van der Waals surface area contributed by atoms with Crippen molar-refractivity contribution in [3.63, 3.8) is 0 Å². The van der Waals surface area contributed by atoms with Gasteiger partial charge in [-0.15, -0.1) is 0 Å². The second-order valence-corrected chi connectivity index (χ2v) is 5.64. The van der Waals surface area contributed by atoms with E-state index in [0.717, 1.165) is 25.9 Å². The largest absolute Gasteiger partial charge is 0.484 e. The molecule has 0 bridgehead atoms. The number of carbonyl (C=O) groups is 1. The highest BCUT2D eigenvalue weighted by molar-refractivity contribution is 5.77. The number of hydrogen-bond donors (Lipinski definition) is 2. The highest BCUT2D eigenvalue weighted by atomic mass is 16.5. The molecular weight excluding hydrogens is 306 g/mol. The lowest BCUT2D eigenvalue weighted by Crippen LogP contribution is -2.46. The van der Waals surface area contributed by atoms with Gasteiger partial charge in [0.15, 0.2) is 6.61 Å². The van der Waals surface area contributed by atoms with Crippen LogP contribution in [0.5, 0.6) is 17.4 Å². The maximum Gasteiger partial charge on any atom is 0.258 e. The minimum Gasteiger partial charge on any atom is -0.484 e. The van der Waals surface area contributed by atoms with E-state index in [9.17, 15) is 4.79 Å². The number of piperidine rings is 1. The molecule has 126 valence electrons. The Bertz CT molecular complexity index is 640. The Balaban J connectivity index is 1.44. The third kappa shape index (κ3) is 4.96. The van der Waals surface area contributed by atoms with Gasteiger partial charge in [0.2, 0.25) is 5.88 Å². The van der Waals surface area contributed by atoms with Crippen LogP contribution in [0.25, 0.3) is 0 Å². The fourth-order valence-electron chi connectivity index (χ4n) is 2.53. The summed E-state index contributed by atoms with van der Waals surface area (Å²) >= 11 is 0. The molecule has 2 N–H and O–H groups in total. The zero-order valence-corrected chi connectivity index (χ0v) is 13.4. The smallest absolute Gasteiger partial charge is 0.258 e. The highest BCUT2D eigenvalue weighted by Crippen LogP contribution is 2.22. The van der Waals surface area contributed by atoms with E-state index in [4.69, 9.17) is 9.47 Å². The van der Waals surface area contributed by atoms with E-state index in [1.165, 1.54) is 0 Å². The number of amides is 1. The lowest BCUT2D eigenvalue weighted by molar-refractivity contribution is -0.123. The number of hydrogen-bond acceptors (Lipinski definition) is 5. The standard InChI is InChI=1S/C18H21N3O3/c22-17(21-14-4-3-10-19-12-14)13-23-15-6-8-16(9-7-15)24-18-5-1-2-11-20-18/h1-2,5-9,11,14,19H,3-4,10,12-13H2,(H,21,22). The van der Waals surface area contributed by atoms with Gasteiger partial charge in [-0.05, 0) is 49.7 Å². The number of aromatic nitrogens is 1. The van der Waals surface area contributed by atoms with Crippen molar-refractivity contribution in [1.29, 1.82) is 0 Å². The summed E-state index contributed by atoms with van der Waals surface area (Å²) in [6.07, 6.45) is 3.77. The van der Waals surface area contributed by atoms with Crippen LogP contribution in [0.1, 0.15) is 12.8 Å². The van der Waals surface area contributed by atoms with E-state index in [2.05, 4.69) is 15.6 Å². The first-order chi connectivity index (χ1) is 11.8. The van der Waals surface area contributed by atoms with Crippen molar-refractivity contribution < 1.29 is 14.3 Å². The van der Waals surface area contributed by atoms with Gasteiger partial charge >= 0.3 is 0 Å².